The van der Waals surface area contributed by atoms with Crippen molar-refractivity contribution in [2.75, 3.05) is 31.1 Å². The topological polar surface area (TPSA) is 36.4 Å². The molecule has 0 saturated carbocycles. The van der Waals surface area contributed by atoms with E-state index < -0.39 is 0 Å². The Balaban J connectivity index is 1.28. The van der Waals surface area contributed by atoms with E-state index in [0.29, 0.717) is 6.42 Å². The molecular formula is C23H25N3O. The molecule has 4 nitrogen and oxygen atoms in total. The molecule has 0 N–H and O–H groups in total. The normalized spacial score (nSPS) is 14.5. The molecule has 1 aliphatic rings. The van der Waals surface area contributed by atoms with Gasteiger partial charge in [0.15, 0.2) is 0 Å². The Hall–Kier alpha value is -2.88. The highest BCUT2D eigenvalue weighted by atomic mass is 16.2. The van der Waals surface area contributed by atoms with E-state index in [1.165, 1.54) is 5.56 Å². The van der Waals surface area contributed by atoms with E-state index in [1.54, 1.807) is 0 Å². The van der Waals surface area contributed by atoms with Crippen LogP contribution in [0.3, 0.4) is 0 Å². The number of hydrogen-bond donors (Lipinski definition) is 0. The fourth-order valence-corrected chi connectivity index (χ4v) is 3.66. The molecule has 4 heteroatoms. The second kappa shape index (κ2) is 8.21. The van der Waals surface area contributed by atoms with Gasteiger partial charge in [-0.3, -0.25) is 4.79 Å². The summed E-state index contributed by atoms with van der Waals surface area (Å²) < 4.78 is 0. The zero-order valence-electron chi connectivity index (χ0n) is 15.6. The van der Waals surface area contributed by atoms with E-state index in [1.807, 2.05) is 29.2 Å². The molecule has 1 amide bonds. The Labute approximate surface area is 160 Å². The lowest BCUT2D eigenvalue weighted by Gasteiger charge is -2.35. The van der Waals surface area contributed by atoms with Crippen LogP contribution >= 0.6 is 0 Å². The number of nitrogens with zero attached hydrogens (tertiary/aromatic N) is 3. The molecule has 0 unspecified atom stereocenters. The van der Waals surface area contributed by atoms with Crippen molar-refractivity contribution < 1.29 is 4.79 Å². The lowest BCUT2D eigenvalue weighted by Crippen LogP contribution is -2.49. The van der Waals surface area contributed by atoms with Crippen molar-refractivity contribution in [2.45, 2.75) is 19.3 Å². The van der Waals surface area contributed by atoms with Crippen LogP contribution in [0.1, 0.15) is 18.4 Å². The number of anilines is 1. The Morgan fingerprint density at radius 3 is 2.41 bits per heavy atom. The van der Waals surface area contributed by atoms with Crippen LogP contribution < -0.4 is 4.90 Å². The smallest absolute Gasteiger partial charge is 0.222 e. The number of carbonyl (C=O) groups is 1. The summed E-state index contributed by atoms with van der Waals surface area (Å²) >= 11 is 0. The van der Waals surface area contributed by atoms with E-state index in [9.17, 15) is 4.79 Å². The van der Waals surface area contributed by atoms with Crippen LogP contribution in [0, 0.1) is 0 Å². The predicted octanol–water partition coefficient (Wildman–Crippen LogP) is 3.91. The highest BCUT2D eigenvalue weighted by molar-refractivity contribution is 5.80. The van der Waals surface area contributed by atoms with Gasteiger partial charge in [-0.1, -0.05) is 48.5 Å². The number of aromatic nitrogens is 1. The van der Waals surface area contributed by atoms with Crippen LogP contribution in [0.25, 0.3) is 10.9 Å². The van der Waals surface area contributed by atoms with Crippen LogP contribution in [0.2, 0.25) is 0 Å². The number of benzene rings is 2. The molecule has 27 heavy (non-hydrogen) atoms. The lowest BCUT2D eigenvalue weighted by atomic mass is 10.1. The molecule has 2 aromatic carbocycles. The Kier molecular flexibility index (Phi) is 5.33. The molecule has 3 aromatic rings. The van der Waals surface area contributed by atoms with Crippen molar-refractivity contribution in [3.8, 4) is 0 Å². The molecule has 1 saturated heterocycles. The number of aryl methyl sites for hydroxylation is 1. The Bertz CT molecular complexity index is 902. The van der Waals surface area contributed by atoms with Gasteiger partial charge in [0.05, 0.1) is 5.52 Å². The van der Waals surface area contributed by atoms with Crippen molar-refractivity contribution in [3.05, 3.63) is 72.3 Å². The molecule has 0 spiro atoms. The highest BCUT2D eigenvalue weighted by Crippen LogP contribution is 2.19. The first kappa shape index (κ1) is 17.5. The summed E-state index contributed by atoms with van der Waals surface area (Å²) in [6.45, 7) is 3.24. The quantitative estimate of drug-likeness (QED) is 0.693. The van der Waals surface area contributed by atoms with Crippen molar-refractivity contribution in [2.24, 2.45) is 0 Å². The van der Waals surface area contributed by atoms with Crippen LogP contribution in [-0.4, -0.2) is 42.0 Å². The average Bonchev–Trinajstić information content (AvgIpc) is 2.74. The molecule has 1 aliphatic heterocycles. The van der Waals surface area contributed by atoms with Crippen molar-refractivity contribution in [1.82, 2.24) is 9.88 Å². The third-order valence-corrected chi connectivity index (χ3v) is 5.24. The minimum atomic E-state index is 0.275. The molecule has 0 bridgehead atoms. The number of rotatable bonds is 5. The summed E-state index contributed by atoms with van der Waals surface area (Å²) in [5.41, 5.74) is 2.33. The summed E-state index contributed by atoms with van der Waals surface area (Å²) in [5, 5.41) is 1.16. The minimum Gasteiger partial charge on any atom is -0.353 e. The summed E-state index contributed by atoms with van der Waals surface area (Å²) in [6, 6.07) is 22.8. The number of pyridine rings is 1. The van der Waals surface area contributed by atoms with E-state index in [0.717, 1.165) is 55.7 Å². The van der Waals surface area contributed by atoms with Crippen LogP contribution in [-0.2, 0) is 11.2 Å². The molecule has 0 atom stereocenters. The van der Waals surface area contributed by atoms with Gasteiger partial charge in [0, 0.05) is 38.0 Å². The van der Waals surface area contributed by atoms with Crippen LogP contribution in [0.5, 0.6) is 0 Å². The largest absolute Gasteiger partial charge is 0.353 e. The fourth-order valence-electron chi connectivity index (χ4n) is 3.66. The molecular weight excluding hydrogens is 334 g/mol. The Morgan fingerprint density at radius 2 is 1.59 bits per heavy atom. The van der Waals surface area contributed by atoms with Crippen molar-refractivity contribution in [3.63, 3.8) is 0 Å². The van der Waals surface area contributed by atoms with Gasteiger partial charge in [0.25, 0.3) is 0 Å². The van der Waals surface area contributed by atoms with Gasteiger partial charge in [-0.05, 0) is 36.6 Å². The van der Waals surface area contributed by atoms with E-state index in [2.05, 4.69) is 47.4 Å². The first-order chi connectivity index (χ1) is 13.3. The Morgan fingerprint density at radius 1 is 0.852 bits per heavy atom. The third kappa shape index (κ3) is 4.27. The maximum atomic E-state index is 12.5. The van der Waals surface area contributed by atoms with Crippen molar-refractivity contribution >= 4 is 22.6 Å². The highest BCUT2D eigenvalue weighted by Gasteiger charge is 2.21. The van der Waals surface area contributed by atoms with Gasteiger partial charge in [0.2, 0.25) is 5.91 Å². The van der Waals surface area contributed by atoms with E-state index in [4.69, 9.17) is 4.98 Å². The number of carbonyl (C=O) groups excluding carboxylic acids is 1. The fraction of sp³-hybridized carbons (Fsp3) is 0.304. The molecule has 1 fully saturated rings. The number of fused-ring (bicyclic) bond motifs is 1. The first-order valence-electron chi connectivity index (χ1n) is 9.72. The van der Waals surface area contributed by atoms with Gasteiger partial charge < -0.3 is 9.80 Å². The number of piperazine rings is 1. The second-order valence-electron chi connectivity index (χ2n) is 7.07. The van der Waals surface area contributed by atoms with Crippen LogP contribution in [0.4, 0.5) is 5.82 Å². The number of amides is 1. The van der Waals surface area contributed by atoms with Gasteiger partial charge in [-0.2, -0.15) is 0 Å². The molecule has 0 aliphatic carbocycles. The summed E-state index contributed by atoms with van der Waals surface area (Å²) in [4.78, 5) is 21.6. The van der Waals surface area contributed by atoms with E-state index >= 15 is 0 Å². The maximum absolute atomic E-state index is 12.5. The zero-order chi connectivity index (χ0) is 18.5. The standard InChI is InChI=1S/C23H25N3O/c27-23(12-6-9-19-7-2-1-3-8-19)26-17-15-25(16-18-26)22-14-13-20-10-4-5-11-21(20)24-22/h1-5,7-8,10-11,13-14H,6,9,12,15-18H2. The maximum Gasteiger partial charge on any atom is 0.222 e. The molecule has 138 valence electrons. The molecule has 2 heterocycles. The summed E-state index contributed by atoms with van der Waals surface area (Å²) in [7, 11) is 0. The molecule has 0 radical (unpaired) electrons. The molecule has 1 aromatic heterocycles. The second-order valence-corrected chi connectivity index (χ2v) is 7.07. The van der Waals surface area contributed by atoms with Gasteiger partial charge in [0.1, 0.15) is 5.82 Å². The minimum absolute atomic E-state index is 0.275. The van der Waals surface area contributed by atoms with Gasteiger partial charge in [-0.15, -0.1) is 0 Å². The van der Waals surface area contributed by atoms with Crippen LogP contribution in [0.15, 0.2) is 66.7 Å². The van der Waals surface area contributed by atoms with E-state index in [-0.39, 0.29) is 5.91 Å². The first-order valence-corrected chi connectivity index (χ1v) is 9.72. The van der Waals surface area contributed by atoms with Gasteiger partial charge in [-0.25, -0.2) is 4.98 Å². The number of hydrogen-bond acceptors (Lipinski definition) is 3. The van der Waals surface area contributed by atoms with Crippen molar-refractivity contribution in [1.29, 1.82) is 0 Å². The summed E-state index contributed by atoms with van der Waals surface area (Å²) in [5.74, 6) is 1.28. The average molecular weight is 359 g/mol. The lowest BCUT2D eigenvalue weighted by molar-refractivity contribution is -0.131. The van der Waals surface area contributed by atoms with Gasteiger partial charge >= 0.3 is 0 Å². The number of para-hydroxylation sites is 1. The predicted molar refractivity (Wildman–Crippen MR) is 110 cm³/mol. The zero-order valence-corrected chi connectivity index (χ0v) is 15.6. The SMILES string of the molecule is O=C(CCCc1ccccc1)N1CCN(c2ccc3ccccc3n2)CC1. The molecule has 4 rings (SSSR count). The summed E-state index contributed by atoms with van der Waals surface area (Å²) in [6.07, 6.45) is 2.51. The monoisotopic (exact) mass is 359 g/mol. The third-order valence-electron chi connectivity index (χ3n) is 5.24.